The highest BCUT2D eigenvalue weighted by molar-refractivity contribution is 7.94. The van der Waals surface area contributed by atoms with Gasteiger partial charge in [-0.15, -0.1) is 11.3 Å². The largest absolute Gasteiger partial charge is 0.462 e. The van der Waals surface area contributed by atoms with Crippen molar-refractivity contribution in [3.05, 3.63) is 53.0 Å². The minimum absolute atomic E-state index is 0.147. The van der Waals surface area contributed by atoms with Gasteiger partial charge in [-0.1, -0.05) is 12.1 Å². The van der Waals surface area contributed by atoms with Crippen LogP contribution in [-0.4, -0.2) is 21.0 Å². The molecule has 0 saturated heterocycles. The number of carbonyl (C=O) groups is 1. The fourth-order valence-corrected chi connectivity index (χ4v) is 4.31. The SMILES string of the molecule is CCOC(=O)/C(C#N)=C/Nc1ccccc1NS(=O)(=O)c1ccc(C)s1. The van der Waals surface area contributed by atoms with E-state index < -0.39 is 16.0 Å². The third-order valence-electron chi connectivity index (χ3n) is 3.14. The molecule has 2 rings (SSSR count). The molecule has 0 fully saturated rings. The van der Waals surface area contributed by atoms with Crippen molar-refractivity contribution in [2.45, 2.75) is 18.1 Å². The van der Waals surface area contributed by atoms with Crippen molar-refractivity contribution in [3.63, 3.8) is 0 Å². The lowest BCUT2D eigenvalue weighted by molar-refractivity contribution is -0.138. The molecule has 1 heterocycles. The summed E-state index contributed by atoms with van der Waals surface area (Å²) in [6.07, 6.45) is 1.18. The molecule has 1 aromatic carbocycles. The van der Waals surface area contributed by atoms with Gasteiger partial charge < -0.3 is 10.1 Å². The quantitative estimate of drug-likeness (QED) is 0.426. The van der Waals surface area contributed by atoms with Crippen molar-refractivity contribution in [2.24, 2.45) is 0 Å². The van der Waals surface area contributed by atoms with Crippen LogP contribution in [0.1, 0.15) is 11.8 Å². The Morgan fingerprint density at radius 1 is 1.27 bits per heavy atom. The van der Waals surface area contributed by atoms with Crippen molar-refractivity contribution in [1.29, 1.82) is 5.26 Å². The molecule has 0 saturated carbocycles. The van der Waals surface area contributed by atoms with E-state index in [1.165, 1.54) is 12.3 Å². The van der Waals surface area contributed by atoms with Crippen LogP contribution in [0.3, 0.4) is 0 Å². The summed E-state index contributed by atoms with van der Waals surface area (Å²) in [6.45, 7) is 3.61. The Labute approximate surface area is 156 Å². The van der Waals surface area contributed by atoms with Gasteiger partial charge in [0.05, 0.1) is 18.0 Å². The Hall–Kier alpha value is -2.83. The van der Waals surface area contributed by atoms with E-state index in [0.29, 0.717) is 5.69 Å². The zero-order chi connectivity index (χ0) is 19.2. The first-order valence-corrected chi connectivity index (χ1v) is 9.89. The lowest BCUT2D eigenvalue weighted by Gasteiger charge is -2.11. The van der Waals surface area contributed by atoms with Crippen molar-refractivity contribution in [3.8, 4) is 6.07 Å². The number of benzene rings is 1. The van der Waals surface area contributed by atoms with Crippen molar-refractivity contribution in [2.75, 3.05) is 16.6 Å². The van der Waals surface area contributed by atoms with E-state index in [4.69, 9.17) is 10.00 Å². The Balaban J connectivity index is 2.25. The third kappa shape index (κ3) is 4.84. The summed E-state index contributed by atoms with van der Waals surface area (Å²) in [5.74, 6) is -0.755. The summed E-state index contributed by atoms with van der Waals surface area (Å²) in [5.41, 5.74) is 0.454. The van der Waals surface area contributed by atoms with Crippen LogP contribution in [-0.2, 0) is 19.6 Å². The number of thiophene rings is 1. The molecular formula is C17H17N3O4S2. The molecule has 9 heteroatoms. The van der Waals surface area contributed by atoms with E-state index in [-0.39, 0.29) is 22.1 Å². The van der Waals surface area contributed by atoms with Gasteiger partial charge in [-0.3, -0.25) is 4.72 Å². The molecule has 136 valence electrons. The van der Waals surface area contributed by atoms with E-state index in [1.54, 1.807) is 43.3 Å². The number of hydrogen-bond donors (Lipinski definition) is 2. The van der Waals surface area contributed by atoms with Crippen LogP contribution in [0.5, 0.6) is 0 Å². The molecule has 0 bridgehead atoms. The summed E-state index contributed by atoms with van der Waals surface area (Å²) in [4.78, 5) is 12.5. The maximum atomic E-state index is 12.5. The fraction of sp³-hybridized carbons (Fsp3) is 0.176. The second-order valence-electron chi connectivity index (χ2n) is 5.05. The van der Waals surface area contributed by atoms with Gasteiger partial charge in [0.15, 0.2) is 5.57 Å². The number of esters is 1. The van der Waals surface area contributed by atoms with Crippen molar-refractivity contribution >= 4 is 38.7 Å². The minimum atomic E-state index is -3.73. The highest BCUT2D eigenvalue weighted by atomic mass is 32.2. The molecule has 2 aromatic rings. The van der Waals surface area contributed by atoms with Gasteiger partial charge >= 0.3 is 5.97 Å². The Bertz CT molecular complexity index is 972. The molecule has 0 unspecified atom stereocenters. The average Bonchev–Trinajstić information content (AvgIpc) is 3.04. The highest BCUT2D eigenvalue weighted by Crippen LogP contribution is 2.27. The minimum Gasteiger partial charge on any atom is -0.462 e. The molecule has 0 aliphatic heterocycles. The number of rotatable bonds is 7. The third-order valence-corrected chi connectivity index (χ3v) is 6.00. The van der Waals surface area contributed by atoms with Gasteiger partial charge in [0.2, 0.25) is 0 Å². The van der Waals surface area contributed by atoms with Gasteiger partial charge in [-0.05, 0) is 38.1 Å². The van der Waals surface area contributed by atoms with Gasteiger partial charge in [0, 0.05) is 11.1 Å². The van der Waals surface area contributed by atoms with E-state index in [9.17, 15) is 13.2 Å². The van der Waals surface area contributed by atoms with Gasteiger partial charge in [-0.2, -0.15) is 5.26 Å². The molecule has 0 aliphatic rings. The van der Waals surface area contributed by atoms with Crippen LogP contribution in [0.15, 0.2) is 52.4 Å². The second-order valence-corrected chi connectivity index (χ2v) is 8.25. The number of aryl methyl sites for hydroxylation is 1. The zero-order valence-corrected chi connectivity index (χ0v) is 15.8. The Morgan fingerprint density at radius 3 is 2.54 bits per heavy atom. The molecule has 7 nitrogen and oxygen atoms in total. The van der Waals surface area contributed by atoms with Crippen LogP contribution >= 0.6 is 11.3 Å². The predicted molar refractivity (Wildman–Crippen MR) is 100 cm³/mol. The standard InChI is InChI=1S/C17H17N3O4S2/c1-3-24-17(21)13(10-18)11-19-14-6-4-5-7-15(14)20-26(22,23)16-9-8-12(2)25-16/h4-9,11,19-20H,3H2,1-2H3/b13-11+. The maximum absolute atomic E-state index is 12.5. The molecule has 1 aromatic heterocycles. The molecule has 0 radical (unpaired) electrons. The number of para-hydroxylation sites is 2. The van der Waals surface area contributed by atoms with E-state index in [2.05, 4.69) is 10.0 Å². The monoisotopic (exact) mass is 391 g/mol. The van der Waals surface area contributed by atoms with E-state index >= 15 is 0 Å². The fourth-order valence-electron chi connectivity index (χ4n) is 1.95. The summed E-state index contributed by atoms with van der Waals surface area (Å²) in [5, 5.41) is 11.8. The Morgan fingerprint density at radius 2 is 1.96 bits per heavy atom. The number of hydrogen-bond acceptors (Lipinski definition) is 7. The van der Waals surface area contributed by atoms with Gasteiger partial charge in [0.25, 0.3) is 10.0 Å². The summed E-state index contributed by atoms with van der Waals surface area (Å²) >= 11 is 1.16. The van der Waals surface area contributed by atoms with Crippen LogP contribution in [0.2, 0.25) is 0 Å². The van der Waals surface area contributed by atoms with Crippen LogP contribution in [0.25, 0.3) is 0 Å². The first kappa shape index (κ1) is 19.5. The number of sulfonamides is 1. The zero-order valence-electron chi connectivity index (χ0n) is 14.1. The topological polar surface area (TPSA) is 108 Å². The summed E-state index contributed by atoms with van der Waals surface area (Å²) in [6, 6.07) is 11.6. The molecule has 0 aliphatic carbocycles. The lowest BCUT2D eigenvalue weighted by atomic mass is 10.2. The highest BCUT2D eigenvalue weighted by Gasteiger charge is 2.18. The van der Waals surface area contributed by atoms with Crippen LogP contribution in [0, 0.1) is 18.3 Å². The predicted octanol–water partition coefficient (Wildman–Crippen LogP) is 3.24. The number of nitrogens with zero attached hydrogens (tertiary/aromatic N) is 1. The number of nitrogens with one attached hydrogen (secondary N) is 2. The normalized spacial score (nSPS) is 11.5. The first-order valence-electron chi connectivity index (χ1n) is 7.59. The smallest absolute Gasteiger partial charge is 0.350 e. The molecular weight excluding hydrogens is 374 g/mol. The van der Waals surface area contributed by atoms with Crippen LogP contribution < -0.4 is 10.0 Å². The van der Waals surface area contributed by atoms with E-state index in [1.807, 2.05) is 6.92 Å². The van der Waals surface area contributed by atoms with Crippen molar-refractivity contribution in [1.82, 2.24) is 0 Å². The number of nitriles is 1. The maximum Gasteiger partial charge on any atom is 0.350 e. The van der Waals surface area contributed by atoms with Crippen molar-refractivity contribution < 1.29 is 17.9 Å². The summed E-state index contributed by atoms with van der Waals surface area (Å²) in [7, 11) is -3.73. The lowest BCUT2D eigenvalue weighted by Crippen LogP contribution is -2.13. The first-order chi connectivity index (χ1) is 12.4. The molecule has 0 spiro atoms. The van der Waals surface area contributed by atoms with Crippen LogP contribution in [0.4, 0.5) is 11.4 Å². The number of carbonyl (C=O) groups excluding carboxylic acids is 1. The number of anilines is 2. The molecule has 2 N–H and O–H groups in total. The van der Waals surface area contributed by atoms with E-state index in [0.717, 1.165) is 16.2 Å². The second kappa shape index (κ2) is 8.51. The Kier molecular flexibility index (Phi) is 6.38. The summed E-state index contributed by atoms with van der Waals surface area (Å²) < 4.78 is 32.4. The molecule has 0 amide bonds. The van der Waals surface area contributed by atoms with Gasteiger partial charge in [0.1, 0.15) is 10.3 Å². The number of ether oxygens (including phenoxy) is 1. The average molecular weight is 391 g/mol. The molecule has 26 heavy (non-hydrogen) atoms. The van der Waals surface area contributed by atoms with Gasteiger partial charge in [-0.25, -0.2) is 13.2 Å². The molecule has 0 atom stereocenters.